The molecule has 0 spiro atoms. The normalized spacial score (nSPS) is 11.2. The number of rotatable bonds is 7. The van der Waals surface area contributed by atoms with E-state index in [-0.39, 0.29) is 11.8 Å². The summed E-state index contributed by atoms with van der Waals surface area (Å²) in [6, 6.07) is 0. The summed E-state index contributed by atoms with van der Waals surface area (Å²) in [7, 11) is 0. The van der Waals surface area contributed by atoms with Crippen LogP contribution in [0, 0.1) is 5.41 Å². The molecule has 0 fully saturated rings. The summed E-state index contributed by atoms with van der Waals surface area (Å²) in [6.45, 7) is 7.91. The summed E-state index contributed by atoms with van der Waals surface area (Å²) in [5, 5.41) is 8.53. The van der Waals surface area contributed by atoms with E-state index in [1.54, 1.807) is 0 Å². The summed E-state index contributed by atoms with van der Waals surface area (Å²) in [6.07, 6.45) is 6.16. The molecule has 2 nitrogen and oxygen atoms in total. The molecule has 0 bridgehead atoms. The first-order valence-electron chi connectivity index (χ1n) is 4.80. The third kappa shape index (κ3) is 7.57. The number of allylic oxidation sites excluding steroid dienone is 1. The molecule has 0 rings (SSSR count). The maximum absolute atomic E-state index is 10.4. The van der Waals surface area contributed by atoms with Crippen LogP contribution in [0.5, 0.6) is 0 Å². The highest BCUT2D eigenvalue weighted by Crippen LogP contribution is 2.28. The summed E-state index contributed by atoms with van der Waals surface area (Å²) in [4.78, 5) is 10.4. The van der Waals surface area contributed by atoms with Crippen molar-refractivity contribution in [3.05, 3.63) is 12.7 Å². The van der Waals surface area contributed by atoms with Crippen molar-refractivity contribution >= 4 is 5.97 Å². The van der Waals surface area contributed by atoms with Crippen molar-refractivity contribution in [3.8, 4) is 0 Å². The fraction of sp³-hybridized carbons (Fsp3) is 0.727. The van der Waals surface area contributed by atoms with Crippen LogP contribution in [0.25, 0.3) is 0 Å². The van der Waals surface area contributed by atoms with Gasteiger partial charge in [-0.1, -0.05) is 19.9 Å². The standard InChI is InChI=1S/C11H20O2/c1-4-5-6-8-11(2,3)9-7-10(12)13/h4H,1,5-9H2,2-3H3,(H,12,13). The Morgan fingerprint density at radius 1 is 1.46 bits per heavy atom. The Morgan fingerprint density at radius 3 is 2.54 bits per heavy atom. The summed E-state index contributed by atoms with van der Waals surface area (Å²) >= 11 is 0. The van der Waals surface area contributed by atoms with E-state index in [1.165, 1.54) is 0 Å². The molecule has 0 aromatic rings. The average Bonchev–Trinajstić information content (AvgIpc) is 2.02. The molecule has 0 aliphatic carbocycles. The van der Waals surface area contributed by atoms with Crippen LogP contribution < -0.4 is 0 Å². The number of carboxylic acids is 1. The zero-order chi connectivity index (χ0) is 10.3. The largest absolute Gasteiger partial charge is 0.481 e. The zero-order valence-corrected chi connectivity index (χ0v) is 8.68. The summed E-state index contributed by atoms with van der Waals surface area (Å²) in [5.41, 5.74) is 0.154. The molecule has 2 heteroatoms. The minimum absolute atomic E-state index is 0.154. The van der Waals surface area contributed by atoms with Gasteiger partial charge >= 0.3 is 5.97 Å². The molecule has 0 saturated heterocycles. The van der Waals surface area contributed by atoms with E-state index < -0.39 is 5.97 Å². The first-order valence-corrected chi connectivity index (χ1v) is 4.80. The highest BCUT2D eigenvalue weighted by Gasteiger charge is 2.17. The minimum atomic E-state index is -0.697. The highest BCUT2D eigenvalue weighted by atomic mass is 16.4. The molecule has 0 radical (unpaired) electrons. The number of unbranched alkanes of at least 4 members (excludes halogenated alkanes) is 1. The van der Waals surface area contributed by atoms with E-state index in [4.69, 9.17) is 5.11 Å². The van der Waals surface area contributed by atoms with E-state index in [0.717, 1.165) is 25.7 Å². The molecular formula is C11H20O2. The Kier molecular flexibility index (Phi) is 5.44. The highest BCUT2D eigenvalue weighted by molar-refractivity contribution is 5.66. The molecule has 0 heterocycles. The lowest BCUT2D eigenvalue weighted by Gasteiger charge is -2.23. The molecular weight excluding hydrogens is 164 g/mol. The number of hydrogen-bond donors (Lipinski definition) is 1. The zero-order valence-electron chi connectivity index (χ0n) is 8.68. The fourth-order valence-electron chi connectivity index (χ4n) is 1.30. The Morgan fingerprint density at radius 2 is 2.08 bits per heavy atom. The van der Waals surface area contributed by atoms with Gasteiger partial charge in [0.2, 0.25) is 0 Å². The monoisotopic (exact) mass is 184 g/mol. The van der Waals surface area contributed by atoms with Gasteiger partial charge in [0.15, 0.2) is 0 Å². The van der Waals surface area contributed by atoms with E-state index in [9.17, 15) is 4.79 Å². The summed E-state index contributed by atoms with van der Waals surface area (Å²) in [5.74, 6) is -0.697. The van der Waals surface area contributed by atoms with Gasteiger partial charge in [-0.15, -0.1) is 6.58 Å². The van der Waals surface area contributed by atoms with Crippen molar-refractivity contribution in [2.24, 2.45) is 5.41 Å². The minimum Gasteiger partial charge on any atom is -0.481 e. The smallest absolute Gasteiger partial charge is 0.303 e. The van der Waals surface area contributed by atoms with E-state index in [0.29, 0.717) is 0 Å². The van der Waals surface area contributed by atoms with Crippen LogP contribution in [-0.4, -0.2) is 11.1 Å². The molecule has 0 atom stereocenters. The lowest BCUT2D eigenvalue weighted by atomic mass is 9.83. The molecule has 0 aliphatic rings. The Balaban J connectivity index is 3.65. The van der Waals surface area contributed by atoms with Crippen LogP contribution >= 0.6 is 0 Å². The van der Waals surface area contributed by atoms with Crippen LogP contribution in [0.4, 0.5) is 0 Å². The predicted octanol–water partition coefficient (Wildman–Crippen LogP) is 3.23. The van der Waals surface area contributed by atoms with Gasteiger partial charge in [0.25, 0.3) is 0 Å². The second-order valence-electron chi connectivity index (χ2n) is 4.24. The topological polar surface area (TPSA) is 37.3 Å². The molecule has 0 aromatic carbocycles. The number of carboxylic acid groups (broad SMARTS) is 1. The summed E-state index contributed by atoms with van der Waals surface area (Å²) < 4.78 is 0. The van der Waals surface area contributed by atoms with Crippen LogP contribution in [-0.2, 0) is 4.79 Å². The van der Waals surface area contributed by atoms with Crippen molar-refractivity contribution in [2.75, 3.05) is 0 Å². The molecule has 13 heavy (non-hydrogen) atoms. The molecule has 0 saturated carbocycles. The van der Waals surface area contributed by atoms with Gasteiger partial charge in [0.05, 0.1) is 0 Å². The SMILES string of the molecule is C=CCCCC(C)(C)CCC(=O)O. The predicted molar refractivity (Wildman–Crippen MR) is 54.7 cm³/mol. The van der Waals surface area contributed by atoms with Gasteiger partial charge in [-0.3, -0.25) is 4.79 Å². The van der Waals surface area contributed by atoms with Crippen LogP contribution in [0.1, 0.15) is 46.0 Å². The second kappa shape index (κ2) is 5.79. The number of hydrogen-bond acceptors (Lipinski definition) is 1. The van der Waals surface area contributed by atoms with Crippen molar-refractivity contribution in [1.29, 1.82) is 0 Å². The quantitative estimate of drug-likeness (QED) is 0.487. The van der Waals surface area contributed by atoms with Gasteiger partial charge in [-0.25, -0.2) is 0 Å². The van der Waals surface area contributed by atoms with Gasteiger partial charge in [0, 0.05) is 6.42 Å². The first-order chi connectivity index (χ1) is 5.98. The van der Waals surface area contributed by atoms with E-state index >= 15 is 0 Å². The first kappa shape index (κ1) is 12.2. The van der Waals surface area contributed by atoms with Gasteiger partial charge < -0.3 is 5.11 Å². The van der Waals surface area contributed by atoms with Crippen molar-refractivity contribution in [3.63, 3.8) is 0 Å². The molecule has 1 N–H and O–H groups in total. The Labute approximate surface area is 80.7 Å². The van der Waals surface area contributed by atoms with Crippen molar-refractivity contribution in [1.82, 2.24) is 0 Å². The average molecular weight is 184 g/mol. The van der Waals surface area contributed by atoms with Gasteiger partial charge in [-0.2, -0.15) is 0 Å². The third-order valence-electron chi connectivity index (χ3n) is 2.28. The Hall–Kier alpha value is -0.790. The molecule has 76 valence electrons. The molecule has 0 aromatic heterocycles. The third-order valence-corrected chi connectivity index (χ3v) is 2.28. The van der Waals surface area contributed by atoms with E-state index in [2.05, 4.69) is 20.4 Å². The fourth-order valence-corrected chi connectivity index (χ4v) is 1.30. The maximum atomic E-state index is 10.4. The number of aliphatic carboxylic acids is 1. The lowest BCUT2D eigenvalue weighted by Crippen LogP contribution is -2.13. The van der Waals surface area contributed by atoms with E-state index in [1.807, 2.05) is 6.08 Å². The second-order valence-corrected chi connectivity index (χ2v) is 4.24. The Bertz CT molecular complexity index is 171. The van der Waals surface area contributed by atoms with Crippen LogP contribution in [0.15, 0.2) is 12.7 Å². The van der Waals surface area contributed by atoms with Gasteiger partial charge in [0.1, 0.15) is 0 Å². The van der Waals surface area contributed by atoms with Crippen LogP contribution in [0.2, 0.25) is 0 Å². The molecule has 0 aliphatic heterocycles. The molecule has 0 amide bonds. The lowest BCUT2D eigenvalue weighted by molar-refractivity contribution is -0.137. The van der Waals surface area contributed by atoms with Crippen molar-refractivity contribution < 1.29 is 9.90 Å². The van der Waals surface area contributed by atoms with Crippen LogP contribution in [0.3, 0.4) is 0 Å². The molecule has 0 unspecified atom stereocenters. The van der Waals surface area contributed by atoms with Gasteiger partial charge in [-0.05, 0) is 31.1 Å². The van der Waals surface area contributed by atoms with Crippen molar-refractivity contribution in [2.45, 2.75) is 46.0 Å². The number of carbonyl (C=O) groups is 1. The maximum Gasteiger partial charge on any atom is 0.303 e.